The number of ether oxygens (including phenoxy) is 1. The van der Waals surface area contributed by atoms with Crippen molar-refractivity contribution >= 4 is 37.8 Å². The molecule has 1 atom stereocenters. The van der Waals surface area contributed by atoms with Crippen LogP contribution in [0.25, 0.3) is 0 Å². The number of carbonyl (C=O) groups excluding carboxylic acids is 1. The second-order valence-corrected chi connectivity index (χ2v) is 5.60. The van der Waals surface area contributed by atoms with Crippen molar-refractivity contribution in [3.05, 3.63) is 29.3 Å². The van der Waals surface area contributed by atoms with Crippen LogP contribution in [0.3, 0.4) is 0 Å². The third-order valence-electron chi connectivity index (χ3n) is 2.08. The lowest BCUT2D eigenvalue weighted by atomic mass is 10.1. The van der Waals surface area contributed by atoms with E-state index < -0.39 is 0 Å². The Kier molecular flexibility index (Phi) is 5.49. The summed E-state index contributed by atoms with van der Waals surface area (Å²) in [5, 5.41) is 0.862. The van der Waals surface area contributed by atoms with Gasteiger partial charge in [0.2, 0.25) is 0 Å². The first-order chi connectivity index (χ1) is 7.52. The molecular weight excluding hydrogens is 336 g/mol. The van der Waals surface area contributed by atoms with Crippen molar-refractivity contribution in [3.8, 4) is 5.75 Å². The third-order valence-corrected chi connectivity index (χ3v) is 4.38. The van der Waals surface area contributed by atoms with Gasteiger partial charge >= 0.3 is 5.97 Å². The Labute approximate surface area is 113 Å². The van der Waals surface area contributed by atoms with Gasteiger partial charge < -0.3 is 4.74 Å². The van der Waals surface area contributed by atoms with Gasteiger partial charge in [-0.25, -0.2) is 0 Å². The molecule has 0 fully saturated rings. The molecule has 0 aromatic heterocycles. The molecule has 0 aliphatic heterocycles. The van der Waals surface area contributed by atoms with Crippen molar-refractivity contribution in [2.75, 3.05) is 5.33 Å². The van der Waals surface area contributed by atoms with Crippen molar-refractivity contribution in [1.29, 1.82) is 0 Å². The fourth-order valence-electron chi connectivity index (χ4n) is 1.42. The van der Waals surface area contributed by atoms with E-state index in [0.717, 1.165) is 17.3 Å². The number of esters is 1. The fourth-order valence-corrected chi connectivity index (χ4v) is 1.99. The van der Waals surface area contributed by atoms with Crippen molar-refractivity contribution in [3.63, 3.8) is 0 Å². The largest absolute Gasteiger partial charge is 0.426 e. The number of hydrogen-bond acceptors (Lipinski definition) is 2. The van der Waals surface area contributed by atoms with E-state index in [1.807, 2.05) is 19.1 Å². The van der Waals surface area contributed by atoms with Gasteiger partial charge in [-0.15, -0.1) is 0 Å². The zero-order valence-electron chi connectivity index (χ0n) is 9.30. The van der Waals surface area contributed by atoms with Gasteiger partial charge in [-0.2, -0.15) is 0 Å². The van der Waals surface area contributed by atoms with E-state index in [-0.39, 0.29) is 5.97 Å². The van der Waals surface area contributed by atoms with Crippen LogP contribution in [0, 0.1) is 6.92 Å². The smallest absolute Gasteiger partial charge is 0.308 e. The maximum Gasteiger partial charge on any atom is 0.308 e. The topological polar surface area (TPSA) is 26.3 Å². The molecule has 4 heteroatoms. The number of halogens is 2. The SMILES string of the molecule is CC(=O)Oc1ccc(C)cc1CC(Br)CBr. The van der Waals surface area contributed by atoms with Gasteiger partial charge in [0.05, 0.1) is 0 Å². The zero-order valence-corrected chi connectivity index (χ0v) is 12.5. The number of carbonyl (C=O) groups is 1. The molecule has 1 unspecified atom stereocenters. The Morgan fingerprint density at radius 1 is 1.50 bits per heavy atom. The standard InChI is InChI=1S/C12H14Br2O2/c1-8-3-4-12(16-9(2)15)10(5-8)6-11(14)7-13/h3-5,11H,6-7H2,1-2H3. The maximum atomic E-state index is 11.0. The average molecular weight is 350 g/mol. The minimum atomic E-state index is -0.282. The van der Waals surface area contributed by atoms with Crippen LogP contribution in [-0.2, 0) is 11.2 Å². The number of alkyl halides is 2. The minimum Gasteiger partial charge on any atom is -0.426 e. The highest BCUT2D eigenvalue weighted by molar-refractivity contribution is 9.12. The predicted octanol–water partition coefficient (Wildman–Crippen LogP) is 3.62. The Morgan fingerprint density at radius 3 is 2.75 bits per heavy atom. The van der Waals surface area contributed by atoms with Crippen LogP contribution in [-0.4, -0.2) is 16.1 Å². The van der Waals surface area contributed by atoms with Gasteiger partial charge in [0.1, 0.15) is 5.75 Å². The minimum absolute atomic E-state index is 0.282. The normalized spacial score (nSPS) is 12.2. The molecule has 0 bridgehead atoms. The summed E-state index contributed by atoms with van der Waals surface area (Å²) >= 11 is 6.96. The Hall–Kier alpha value is -0.350. The number of rotatable bonds is 4. The van der Waals surface area contributed by atoms with E-state index in [4.69, 9.17) is 4.74 Å². The van der Waals surface area contributed by atoms with E-state index in [1.54, 1.807) is 0 Å². The molecule has 1 aromatic rings. The van der Waals surface area contributed by atoms with Gasteiger partial charge in [0, 0.05) is 17.1 Å². The van der Waals surface area contributed by atoms with Crippen LogP contribution in [0.2, 0.25) is 0 Å². The lowest BCUT2D eigenvalue weighted by molar-refractivity contribution is -0.131. The van der Waals surface area contributed by atoms with Gasteiger partial charge in [0.25, 0.3) is 0 Å². The van der Waals surface area contributed by atoms with Gasteiger partial charge in [0.15, 0.2) is 0 Å². The molecule has 0 aliphatic carbocycles. The molecule has 0 saturated heterocycles. The van der Waals surface area contributed by atoms with E-state index >= 15 is 0 Å². The number of hydrogen-bond donors (Lipinski definition) is 0. The van der Waals surface area contributed by atoms with Gasteiger partial charge in [-0.1, -0.05) is 49.6 Å². The lowest BCUT2D eigenvalue weighted by Gasteiger charge is -2.12. The maximum absolute atomic E-state index is 11.0. The molecule has 0 N–H and O–H groups in total. The first kappa shape index (κ1) is 13.7. The van der Waals surface area contributed by atoms with Crippen LogP contribution in [0.4, 0.5) is 0 Å². The number of benzene rings is 1. The van der Waals surface area contributed by atoms with Crippen LogP contribution >= 0.6 is 31.9 Å². The molecule has 1 rings (SSSR count). The zero-order chi connectivity index (χ0) is 12.1. The van der Waals surface area contributed by atoms with Crippen LogP contribution < -0.4 is 4.74 Å². The quantitative estimate of drug-likeness (QED) is 0.471. The molecule has 1 aromatic carbocycles. The second kappa shape index (κ2) is 6.40. The molecule has 0 saturated carbocycles. The van der Waals surface area contributed by atoms with E-state index in [1.165, 1.54) is 12.5 Å². The van der Waals surface area contributed by atoms with Crippen LogP contribution in [0.1, 0.15) is 18.1 Å². The summed E-state index contributed by atoms with van der Waals surface area (Å²) in [6, 6.07) is 5.84. The highest BCUT2D eigenvalue weighted by atomic mass is 79.9. The summed E-state index contributed by atoms with van der Waals surface area (Å²) in [7, 11) is 0. The first-order valence-electron chi connectivity index (χ1n) is 5.01. The Balaban J connectivity index is 2.93. The van der Waals surface area contributed by atoms with Crippen molar-refractivity contribution in [2.45, 2.75) is 25.1 Å². The summed E-state index contributed by atoms with van der Waals surface area (Å²) in [4.78, 5) is 11.3. The molecule has 0 aliphatic rings. The summed E-state index contributed by atoms with van der Waals surface area (Å²) < 4.78 is 5.17. The molecule has 88 valence electrons. The Bertz CT molecular complexity index is 377. The van der Waals surface area contributed by atoms with Crippen molar-refractivity contribution in [2.24, 2.45) is 0 Å². The van der Waals surface area contributed by atoms with E-state index in [9.17, 15) is 4.79 Å². The summed E-state index contributed by atoms with van der Waals surface area (Å²) in [5.74, 6) is 0.374. The fraction of sp³-hybridized carbons (Fsp3) is 0.417. The van der Waals surface area contributed by atoms with Crippen molar-refractivity contribution < 1.29 is 9.53 Å². The molecule has 2 nitrogen and oxygen atoms in total. The number of aryl methyl sites for hydroxylation is 1. The lowest BCUT2D eigenvalue weighted by Crippen LogP contribution is -2.09. The van der Waals surface area contributed by atoms with Crippen molar-refractivity contribution in [1.82, 2.24) is 0 Å². The van der Waals surface area contributed by atoms with E-state index in [0.29, 0.717) is 10.6 Å². The van der Waals surface area contributed by atoms with Crippen LogP contribution in [0.5, 0.6) is 5.75 Å². The Morgan fingerprint density at radius 2 is 2.19 bits per heavy atom. The molecular formula is C12H14Br2O2. The summed E-state index contributed by atoms with van der Waals surface area (Å²) in [6.45, 7) is 3.44. The summed E-state index contributed by atoms with van der Waals surface area (Å²) in [6.07, 6.45) is 0.829. The second-order valence-electron chi connectivity index (χ2n) is 3.66. The molecule has 0 spiro atoms. The average Bonchev–Trinajstić information content (AvgIpc) is 2.21. The summed E-state index contributed by atoms with van der Waals surface area (Å²) in [5.41, 5.74) is 2.22. The molecule has 16 heavy (non-hydrogen) atoms. The highest BCUT2D eigenvalue weighted by Crippen LogP contribution is 2.24. The first-order valence-corrected chi connectivity index (χ1v) is 7.04. The van der Waals surface area contributed by atoms with Gasteiger partial charge in [-0.05, 0) is 25.0 Å². The highest BCUT2D eigenvalue weighted by Gasteiger charge is 2.10. The third kappa shape index (κ3) is 4.26. The van der Waals surface area contributed by atoms with Gasteiger partial charge in [-0.3, -0.25) is 4.79 Å². The molecule has 0 amide bonds. The predicted molar refractivity (Wildman–Crippen MR) is 72.7 cm³/mol. The molecule has 0 radical (unpaired) electrons. The van der Waals surface area contributed by atoms with Crippen LogP contribution in [0.15, 0.2) is 18.2 Å². The molecule has 0 heterocycles. The monoisotopic (exact) mass is 348 g/mol. The van der Waals surface area contributed by atoms with E-state index in [2.05, 4.69) is 37.9 Å².